The molecule has 0 atom stereocenters. The van der Waals surface area contributed by atoms with Crippen molar-refractivity contribution in [3.05, 3.63) is 34.9 Å². The van der Waals surface area contributed by atoms with Gasteiger partial charge in [0.15, 0.2) is 0 Å². The van der Waals surface area contributed by atoms with Crippen LogP contribution in [0.1, 0.15) is 53.6 Å². The van der Waals surface area contributed by atoms with Gasteiger partial charge in [0, 0.05) is 12.0 Å². The standard InChI is InChI=1S/C14H18N2O4/c1-2-13(17)16-20-8-12-10(9-6-7-9)4-3-5-11(12)14(18)15-19/h3-5,9,19H,2,6-8H2,1H3,(H,15,18)(H,16,17). The molecule has 1 aromatic rings. The number of amides is 2. The van der Waals surface area contributed by atoms with Crippen LogP contribution in [0.2, 0.25) is 0 Å². The molecule has 1 aliphatic carbocycles. The van der Waals surface area contributed by atoms with Crippen molar-refractivity contribution in [2.75, 3.05) is 0 Å². The van der Waals surface area contributed by atoms with Crippen LogP contribution in [0.25, 0.3) is 0 Å². The summed E-state index contributed by atoms with van der Waals surface area (Å²) in [5.41, 5.74) is 6.06. The van der Waals surface area contributed by atoms with Crippen LogP contribution in [-0.2, 0) is 16.2 Å². The number of hydrogen-bond donors (Lipinski definition) is 3. The van der Waals surface area contributed by atoms with Crippen LogP contribution < -0.4 is 11.0 Å². The molecule has 3 N–H and O–H groups in total. The van der Waals surface area contributed by atoms with Gasteiger partial charge in [-0.15, -0.1) is 0 Å². The number of carbonyl (C=O) groups excluding carboxylic acids is 2. The zero-order chi connectivity index (χ0) is 14.5. The molecule has 20 heavy (non-hydrogen) atoms. The predicted octanol–water partition coefficient (Wildman–Crippen LogP) is 1.64. The summed E-state index contributed by atoms with van der Waals surface area (Å²) in [4.78, 5) is 28.0. The van der Waals surface area contributed by atoms with Crippen LogP contribution in [-0.4, -0.2) is 17.0 Å². The van der Waals surface area contributed by atoms with Gasteiger partial charge in [-0.05, 0) is 36.0 Å². The van der Waals surface area contributed by atoms with Crippen molar-refractivity contribution in [2.45, 2.75) is 38.7 Å². The fourth-order valence-electron chi connectivity index (χ4n) is 2.08. The Morgan fingerprint density at radius 2 is 2.15 bits per heavy atom. The molecule has 0 unspecified atom stereocenters. The number of rotatable bonds is 6. The van der Waals surface area contributed by atoms with Gasteiger partial charge < -0.3 is 0 Å². The monoisotopic (exact) mass is 278 g/mol. The first-order valence-electron chi connectivity index (χ1n) is 6.64. The molecule has 1 aromatic carbocycles. The lowest BCUT2D eigenvalue weighted by atomic mass is 9.98. The van der Waals surface area contributed by atoms with Crippen molar-refractivity contribution in [3.8, 4) is 0 Å². The number of hydroxylamine groups is 2. The summed E-state index contributed by atoms with van der Waals surface area (Å²) >= 11 is 0. The quantitative estimate of drug-likeness (QED) is 0.545. The van der Waals surface area contributed by atoms with E-state index < -0.39 is 5.91 Å². The summed E-state index contributed by atoms with van der Waals surface area (Å²) in [6.45, 7) is 1.82. The SMILES string of the molecule is CCC(=O)NOCc1c(C(=O)NO)cccc1C1CC1. The van der Waals surface area contributed by atoms with Gasteiger partial charge in [-0.25, -0.2) is 11.0 Å². The summed E-state index contributed by atoms with van der Waals surface area (Å²) in [7, 11) is 0. The van der Waals surface area contributed by atoms with Crippen molar-refractivity contribution in [3.63, 3.8) is 0 Å². The van der Waals surface area contributed by atoms with Crippen molar-refractivity contribution >= 4 is 11.8 Å². The maximum atomic E-state index is 11.7. The average molecular weight is 278 g/mol. The third kappa shape index (κ3) is 3.34. The first-order chi connectivity index (χ1) is 9.67. The van der Waals surface area contributed by atoms with E-state index in [2.05, 4.69) is 5.48 Å². The van der Waals surface area contributed by atoms with Gasteiger partial charge in [0.2, 0.25) is 5.91 Å². The molecule has 0 heterocycles. The Bertz CT molecular complexity index is 512. The summed E-state index contributed by atoms with van der Waals surface area (Å²) in [5, 5.41) is 8.80. The predicted molar refractivity (Wildman–Crippen MR) is 70.9 cm³/mol. The largest absolute Gasteiger partial charge is 0.288 e. The van der Waals surface area contributed by atoms with Crippen LogP contribution in [0.3, 0.4) is 0 Å². The Labute approximate surface area is 117 Å². The second-order valence-electron chi connectivity index (χ2n) is 4.76. The Morgan fingerprint density at radius 3 is 2.75 bits per heavy atom. The van der Waals surface area contributed by atoms with Gasteiger partial charge in [0.05, 0.1) is 0 Å². The van der Waals surface area contributed by atoms with Gasteiger partial charge in [-0.2, -0.15) is 0 Å². The van der Waals surface area contributed by atoms with Crippen molar-refractivity contribution in [1.82, 2.24) is 11.0 Å². The summed E-state index contributed by atoms with van der Waals surface area (Å²) in [6.07, 6.45) is 2.49. The van der Waals surface area contributed by atoms with E-state index in [1.807, 2.05) is 6.07 Å². The average Bonchev–Trinajstić information content (AvgIpc) is 3.30. The van der Waals surface area contributed by atoms with Crippen LogP contribution in [0.4, 0.5) is 0 Å². The molecule has 0 aromatic heterocycles. The molecule has 0 aliphatic heterocycles. The van der Waals surface area contributed by atoms with Gasteiger partial charge >= 0.3 is 0 Å². The van der Waals surface area contributed by atoms with Crippen LogP contribution in [0, 0.1) is 0 Å². The number of benzene rings is 1. The van der Waals surface area contributed by atoms with Crippen molar-refractivity contribution < 1.29 is 19.6 Å². The fourth-order valence-corrected chi connectivity index (χ4v) is 2.08. The maximum absolute atomic E-state index is 11.7. The topological polar surface area (TPSA) is 87.7 Å². The van der Waals surface area contributed by atoms with Gasteiger partial charge in [-0.1, -0.05) is 19.1 Å². The second kappa shape index (κ2) is 6.49. The minimum atomic E-state index is -0.576. The lowest BCUT2D eigenvalue weighted by Gasteiger charge is -2.13. The van der Waals surface area contributed by atoms with E-state index in [1.54, 1.807) is 24.5 Å². The van der Waals surface area contributed by atoms with E-state index in [4.69, 9.17) is 10.0 Å². The molecule has 2 rings (SSSR count). The highest BCUT2D eigenvalue weighted by atomic mass is 16.6. The van der Waals surface area contributed by atoms with Crippen LogP contribution >= 0.6 is 0 Å². The molecule has 6 nitrogen and oxygen atoms in total. The van der Waals surface area contributed by atoms with E-state index in [0.717, 1.165) is 18.4 Å². The molecule has 1 fully saturated rings. The highest BCUT2D eigenvalue weighted by Crippen LogP contribution is 2.42. The zero-order valence-corrected chi connectivity index (χ0v) is 11.3. The van der Waals surface area contributed by atoms with Crippen LogP contribution in [0.15, 0.2) is 18.2 Å². The summed E-state index contributed by atoms with van der Waals surface area (Å²) in [6, 6.07) is 5.36. The van der Waals surface area contributed by atoms with Crippen molar-refractivity contribution in [1.29, 1.82) is 0 Å². The Balaban J connectivity index is 2.18. The molecule has 0 saturated heterocycles. The molecule has 1 aliphatic rings. The Hall–Kier alpha value is -1.92. The first kappa shape index (κ1) is 14.5. The van der Waals surface area contributed by atoms with E-state index in [0.29, 0.717) is 23.5 Å². The molecule has 6 heteroatoms. The van der Waals surface area contributed by atoms with E-state index in [9.17, 15) is 9.59 Å². The van der Waals surface area contributed by atoms with Crippen LogP contribution in [0.5, 0.6) is 0 Å². The highest BCUT2D eigenvalue weighted by molar-refractivity contribution is 5.95. The molecule has 1 saturated carbocycles. The molecular formula is C14H18N2O4. The minimum absolute atomic E-state index is 0.0984. The highest BCUT2D eigenvalue weighted by Gasteiger charge is 2.28. The second-order valence-corrected chi connectivity index (χ2v) is 4.76. The lowest BCUT2D eigenvalue weighted by molar-refractivity contribution is -0.134. The minimum Gasteiger partial charge on any atom is -0.288 e. The van der Waals surface area contributed by atoms with E-state index in [-0.39, 0.29) is 12.5 Å². The third-order valence-electron chi connectivity index (χ3n) is 3.30. The summed E-state index contributed by atoms with van der Waals surface area (Å²) < 4.78 is 0. The molecular weight excluding hydrogens is 260 g/mol. The van der Waals surface area contributed by atoms with Gasteiger partial charge in [0.25, 0.3) is 5.91 Å². The Morgan fingerprint density at radius 1 is 1.40 bits per heavy atom. The molecule has 108 valence electrons. The number of nitrogens with one attached hydrogen (secondary N) is 2. The number of carbonyl (C=O) groups is 2. The lowest BCUT2D eigenvalue weighted by Crippen LogP contribution is -2.25. The molecule has 0 spiro atoms. The number of hydrogen-bond acceptors (Lipinski definition) is 4. The normalized spacial score (nSPS) is 13.9. The van der Waals surface area contributed by atoms with Gasteiger partial charge in [0.1, 0.15) is 6.61 Å². The fraction of sp³-hybridized carbons (Fsp3) is 0.429. The molecule has 0 bridgehead atoms. The smallest absolute Gasteiger partial charge is 0.275 e. The Kier molecular flexibility index (Phi) is 4.70. The maximum Gasteiger partial charge on any atom is 0.275 e. The van der Waals surface area contributed by atoms with Crippen molar-refractivity contribution in [2.24, 2.45) is 0 Å². The van der Waals surface area contributed by atoms with E-state index >= 15 is 0 Å². The molecule has 2 amide bonds. The molecule has 0 radical (unpaired) electrons. The van der Waals surface area contributed by atoms with E-state index in [1.165, 1.54) is 0 Å². The zero-order valence-electron chi connectivity index (χ0n) is 11.3. The summed E-state index contributed by atoms with van der Waals surface area (Å²) in [5.74, 6) is -0.364. The third-order valence-corrected chi connectivity index (χ3v) is 3.30. The first-order valence-corrected chi connectivity index (χ1v) is 6.64. The van der Waals surface area contributed by atoms with Gasteiger partial charge in [-0.3, -0.25) is 19.6 Å².